The number of aromatic nitrogens is 1. The van der Waals surface area contributed by atoms with E-state index in [0.717, 1.165) is 56.1 Å². The zero-order valence-corrected chi connectivity index (χ0v) is 15.2. The third-order valence-electron chi connectivity index (χ3n) is 4.57. The summed E-state index contributed by atoms with van der Waals surface area (Å²) >= 11 is 1.84. The molecule has 1 fully saturated rings. The number of nitrogens with zero attached hydrogens (tertiary/aromatic N) is 3. The monoisotopic (exact) mass is 335 g/mol. The van der Waals surface area contributed by atoms with E-state index in [1.807, 2.05) is 42.0 Å². The van der Waals surface area contributed by atoms with Gasteiger partial charge in [-0.05, 0) is 30.7 Å². The Balaban J connectivity index is 1.67. The Hall–Kier alpha value is -1.07. The molecule has 1 aliphatic heterocycles. The highest BCUT2D eigenvalue weighted by Crippen LogP contribution is 2.17. The fourth-order valence-electron chi connectivity index (χ4n) is 3.03. The minimum atomic E-state index is 0.304. The van der Waals surface area contributed by atoms with Gasteiger partial charge in [-0.3, -0.25) is 9.78 Å². The number of rotatable bonds is 8. The maximum Gasteiger partial charge on any atom is 0.223 e. The number of hydrogen-bond acceptors (Lipinski definition) is 4. The molecule has 1 aromatic rings. The summed E-state index contributed by atoms with van der Waals surface area (Å²) in [5, 5.41) is 0. The van der Waals surface area contributed by atoms with Crippen LogP contribution in [0.1, 0.15) is 31.9 Å². The Bertz CT molecular complexity index is 461. The van der Waals surface area contributed by atoms with Crippen LogP contribution in [-0.2, 0) is 11.2 Å². The van der Waals surface area contributed by atoms with Crippen molar-refractivity contribution in [3.63, 3.8) is 0 Å². The summed E-state index contributed by atoms with van der Waals surface area (Å²) in [6.07, 6.45) is 5.72. The lowest BCUT2D eigenvalue weighted by Crippen LogP contribution is -2.46. The molecule has 0 bridgehead atoms. The molecule has 2 heterocycles. The van der Waals surface area contributed by atoms with Gasteiger partial charge in [-0.1, -0.05) is 13.0 Å². The fraction of sp³-hybridized carbons (Fsp3) is 0.667. The molecule has 23 heavy (non-hydrogen) atoms. The van der Waals surface area contributed by atoms with Gasteiger partial charge in [0.15, 0.2) is 0 Å². The van der Waals surface area contributed by atoms with Gasteiger partial charge in [-0.15, -0.1) is 0 Å². The Morgan fingerprint density at radius 3 is 2.83 bits per heavy atom. The van der Waals surface area contributed by atoms with Crippen molar-refractivity contribution in [2.75, 3.05) is 38.2 Å². The Labute approximate surface area is 144 Å². The van der Waals surface area contributed by atoms with Crippen LogP contribution in [0.4, 0.5) is 0 Å². The number of hydrogen-bond donors (Lipinski definition) is 0. The van der Waals surface area contributed by atoms with Gasteiger partial charge in [0.05, 0.1) is 0 Å². The highest BCUT2D eigenvalue weighted by molar-refractivity contribution is 7.99. The van der Waals surface area contributed by atoms with Gasteiger partial charge in [-0.25, -0.2) is 0 Å². The van der Waals surface area contributed by atoms with Crippen LogP contribution in [0, 0.1) is 0 Å². The minimum Gasteiger partial charge on any atom is -0.343 e. The molecule has 1 amide bonds. The molecule has 5 heteroatoms. The van der Waals surface area contributed by atoms with Crippen molar-refractivity contribution in [1.29, 1.82) is 0 Å². The first-order valence-corrected chi connectivity index (χ1v) is 9.82. The predicted molar refractivity (Wildman–Crippen MR) is 97.8 cm³/mol. The zero-order valence-electron chi connectivity index (χ0n) is 14.4. The summed E-state index contributed by atoms with van der Waals surface area (Å²) in [6, 6.07) is 6.51. The van der Waals surface area contributed by atoms with E-state index in [4.69, 9.17) is 0 Å². The fourth-order valence-corrected chi connectivity index (χ4v) is 3.64. The topological polar surface area (TPSA) is 36.4 Å². The zero-order chi connectivity index (χ0) is 16.5. The van der Waals surface area contributed by atoms with Crippen LogP contribution in [0.5, 0.6) is 0 Å². The molecular formula is C18H29N3OS. The van der Waals surface area contributed by atoms with Gasteiger partial charge < -0.3 is 9.80 Å². The van der Waals surface area contributed by atoms with E-state index in [0.29, 0.717) is 18.4 Å². The van der Waals surface area contributed by atoms with Crippen LogP contribution < -0.4 is 0 Å². The molecular weight excluding hydrogens is 306 g/mol. The second kappa shape index (κ2) is 9.93. The first-order chi connectivity index (χ1) is 11.2. The van der Waals surface area contributed by atoms with Gasteiger partial charge in [0, 0.05) is 63.2 Å². The molecule has 1 aromatic heterocycles. The first-order valence-electron chi connectivity index (χ1n) is 8.66. The molecule has 0 spiro atoms. The molecule has 0 saturated carbocycles. The summed E-state index contributed by atoms with van der Waals surface area (Å²) in [4.78, 5) is 21.1. The molecule has 128 valence electrons. The van der Waals surface area contributed by atoms with Crippen molar-refractivity contribution >= 4 is 17.7 Å². The third-order valence-corrected chi connectivity index (χ3v) is 5.47. The van der Waals surface area contributed by atoms with Crippen molar-refractivity contribution in [2.45, 2.75) is 38.6 Å². The van der Waals surface area contributed by atoms with E-state index in [-0.39, 0.29) is 0 Å². The summed E-state index contributed by atoms with van der Waals surface area (Å²) < 4.78 is 0. The van der Waals surface area contributed by atoms with Crippen LogP contribution in [0.25, 0.3) is 0 Å². The summed E-state index contributed by atoms with van der Waals surface area (Å²) in [6.45, 7) is 5.37. The van der Waals surface area contributed by atoms with Crippen molar-refractivity contribution in [3.8, 4) is 0 Å². The Morgan fingerprint density at radius 2 is 2.17 bits per heavy atom. The maximum atomic E-state index is 12.2. The van der Waals surface area contributed by atoms with Gasteiger partial charge in [0.25, 0.3) is 0 Å². The van der Waals surface area contributed by atoms with Gasteiger partial charge in [0.1, 0.15) is 0 Å². The van der Waals surface area contributed by atoms with Gasteiger partial charge in [0.2, 0.25) is 5.91 Å². The predicted octanol–water partition coefficient (Wildman–Crippen LogP) is 2.69. The lowest BCUT2D eigenvalue weighted by molar-refractivity contribution is -0.132. The highest BCUT2D eigenvalue weighted by atomic mass is 32.2. The molecule has 0 unspecified atom stereocenters. The summed E-state index contributed by atoms with van der Waals surface area (Å²) in [7, 11) is 1.98. The van der Waals surface area contributed by atoms with Crippen LogP contribution in [0.2, 0.25) is 0 Å². The van der Waals surface area contributed by atoms with E-state index in [1.165, 1.54) is 0 Å². The lowest BCUT2D eigenvalue weighted by atomic mass is 10.0. The number of pyridine rings is 1. The number of carbonyl (C=O) groups excluding carboxylic acids is 1. The summed E-state index contributed by atoms with van der Waals surface area (Å²) in [5.74, 6) is 2.34. The average molecular weight is 336 g/mol. The maximum absolute atomic E-state index is 12.2. The standard InChI is InChI=1S/C18H29N3OS/c1-3-23-15-10-18(22)20(2)17-8-13-21(14-9-17)12-7-16-6-4-5-11-19-16/h4-6,11,17H,3,7-10,12-15H2,1-2H3. The van der Waals surface area contributed by atoms with Crippen molar-refractivity contribution in [1.82, 2.24) is 14.8 Å². The van der Waals surface area contributed by atoms with Crippen molar-refractivity contribution in [2.24, 2.45) is 0 Å². The molecule has 1 saturated heterocycles. The molecule has 0 atom stereocenters. The molecule has 4 nitrogen and oxygen atoms in total. The number of likely N-dealkylation sites (tertiary alicyclic amines) is 1. The lowest BCUT2D eigenvalue weighted by Gasteiger charge is -2.36. The van der Waals surface area contributed by atoms with Crippen LogP contribution in [0.15, 0.2) is 24.4 Å². The minimum absolute atomic E-state index is 0.304. The van der Waals surface area contributed by atoms with E-state index in [9.17, 15) is 4.79 Å². The second-order valence-electron chi connectivity index (χ2n) is 6.10. The molecule has 0 aliphatic carbocycles. The number of amides is 1. The van der Waals surface area contributed by atoms with E-state index < -0.39 is 0 Å². The first kappa shape index (κ1) is 18.3. The molecule has 0 radical (unpaired) electrons. The average Bonchev–Trinajstić information content (AvgIpc) is 2.61. The van der Waals surface area contributed by atoms with Crippen LogP contribution >= 0.6 is 11.8 Å². The van der Waals surface area contributed by atoms with E-state index in [1.54, 1.807) is 0 Å². The van der Waals surface area contributed by atoms with Crippen LogP contribution in [-0.4, -0.2) is 64.9 Å². The number of carbonyl (C=O) groups is 1. The van der Waals surface area contributed by atoms with Gasteiger partial charge >= 0.3 is 0 Å². The van der Waals surface area contributed by atoms with Gasteiger partial charge in [-0.2, -0.15) is 11.8 Å². The second-order valence-corrected chi connectivity index (χ2v) is 7.49. The quantitative estimate of drug-likeness (QED) is 0.685. The summed E-state index contributed by atoms with van der Waals surface area (Å²) in [5.41, 5.74) is 1.16. The highest BCUT2D eigenvalue weighted by Gasteiger charge is 2.24. The molecule has 1 aliphatic rings. The molecule has 2 rings (SSSR count). The largest absolute Gasteiger partial charge is 0.343 e. The van der Waals surface area contributed by atoms with Crippen molar-refractivity contribution < 1.29 is 4.79 Å². The molecule has 0 aromatic carbocycles. The van der Waals surface area contributed by atoms with E-state index in [2.05, 4.69) is 22.9 Å². The van der Waals surface area contributed by atoms with E-state index >= 15 is 0 Å². The molecule has 0 N–H and O–H groups in total. The smallest absolute Gasteiger partial charge is 0.223 e. The Morgan fingerprint density at radius 1 is 1.39 bits per heavy atom. The third kappa shape index (κ3) is 6.15. The number of thioether (sulfide) groups is 1. The SMILES string of the molecule is CCSCCC(=O)N(C)C1CCN(CCc2ccccn2)CC1. The van der Waals surface area contributed by atoms with Crippen LogP contribution in [0.3, 0.4) is 0 Å². The normalized spacial score (nSPS) is 16.4. The van der Waals surface area contributed by atoms with Crippen molar-refractivity contribution in [3.05, 3.63) is 30.1 Å². The number of piperidine rings is 1. The Kier molecular flexibility index (Phi) is 7.89.